The minimum absolute atomic E-state index is 0.196. The van der Waals surface area contributed by atoms with Crippen molar-refractivity contribution in [2.75, 3.05) is 5.88 Å². The second kappa shape index (κ2) is 5.03. The average molecular weight is 199 g/mol. The lowest BCUT2D eigenvalue weighted by Crippen LogP contribution is -1.85. The lowest BCUT2D eigenvalue weighted by atomic mass is 10.1. The van der Waals surface area contributed by atoms with Gasteiger partial charge in [0.25, 0.3) is 0 Å². The van der Waals surface area contributed by atoms with Crippen molar-refractivity contribution < 1.29 is 4.39 Å². The lowest BCUT2D eigenvalue weighted by Gasteiger charge is -2.00. The van der Waals surface area contributed by atoms with Crippen molar-refractivity contribution in [3.05, 3.63) is 41.2 Å². The molecule has 0 nitrogen and oxygen atoms in total. The molecule has 1 aromatic carbocycles. The Morgan fingerprint density at radius 3 is 2.69 bits per heavy atom. The maximum atomic E-state index is 13.1. The van der Waals surface area contributed by atoms with Crippen molar-refractivity contribution >= 4 is 17.7 Å². The molecule has 2 heteroatoms. The van der Waals surface area contributed by atoms with Crippen molar-refractivity contribution in [3.63, 3.8) is 0 Å². The molecule has 0 unspecified atom stereocenters. The van der Waals surface area contributed by atoms with Gasteiger partial charge in [-0.25, -0.2) is 4.39 Å². The van der Waals surface area contributed by atoms with E-state index < -0.39 is 0 Å². The summed E-state index contributed by atoms with van der Waals surface area (Å²) >= 11 is 5.68. The molecule has 0 aliphatic heterocycles. The molecule has 0 bridgehead atoms. The Morgan fingerprint density at radius 1 is 1.46 bits per heavy atom. The van der Waals surface area contributed by atoms with Gasteiger partial charge in [0.15, 0.2) is 0 Å². The molecular weight excluding hydrogens is 187 g/mol. The monoisotopic (exact) mass is 198 g/mol. The van der Waals surface area contributed by atoms with Crippen LogP contribution in [0.2, 0.25) is 0 Å². The van der Waals surface area contributed by atoms with Gasteiger partial charge < -0.3 is 0 Å². The molecule has 0 heterocycles. The fourth-order valence-corrected chi connectivity index (χ4v) is 1.31. The highest BCUT2D eigenvalue weighted by Gasteiger charge is 1.98. The van der Waals surface area contributed by atoms with Crippen LogP contribution >= 0.6 is 11.6 Å². The summed E-state index contributed by atoms with van der Waals surface area (Å²) in [5, 5.41) is 0. The molecule has 1 aromatic rings. The van der Waals surface area contributed by atoms with Crippen LogP contribution in [-0.4, -0.2) is 5.88 Å². The van der Waals surface area contributed by atoms with E-state index in [0.29, 0.717) is 11.4 Å². The van der Waals surface area contributed by atoms with Crippen LogP contribution in [0.15, 0.2) is 29.8 Å². The standard InChI is InChI=1S/C11H12ClF/c1-2-9(8-12)7-10-5-3-4-6-11(10)13/h3-7H,2,8H2,1H3. The second-order valence-electron chi connectivity index (χ2n) is 2.81. The smallest absolute Gasteiger partial charge is 0.130 e. The van der Waals surface area contributed by atoms with E-state index in [9.17, 15) is 4.39 Å². The highest BCUT2D eigenvalue weighted by molar-refractivity contribution is 6.19. The van der Waals surface area contributed by atoms with E-state index in [-0.39, 0.29) is 5.82 Å². The number of allylic oxidation sites excluding steroid dienone is 1. The molecular formula is C11H12ClF. The summed E-state index contributed by atoms with van der Waals surface area (Å²) in [7, 11) is 0. The Labute approximate surface area is 83.0 Å². The third-order valence-corrected chi connectivity index (χ3v) is 2.23. The van der Waals surface area contributed by atoms with Crippen LogP contribution in [0.3, 0.4) is 0 Å². The minimum Gasteiger partial charge on any atom is -0.206 e. The molecule has 70 valence electrons. The number of alkyl halides is 1. The Bertz CT molecular complexity index is 299. The maximum absolute atomic E-state index is 13.1. The zero-order chi connectivity index (χ0) is 9.68. The van der Waals surface area contributed by atoms with Gasteiger partial charge in [-0.2, -0.15) is 0 Å². The van der Waals surface area contributed by atoms with Crippen molar-refractivity contribution in [2.24, 2.45) is 0 Å². The SMILES string of the molecule is CCC(=Cc1ccccc1F)CCl. The number of hydrogen-bond acceptors (Lipinski definition) is 0. The van der Waals surface area contributed by atoms with E-state index in [1.54, 1.807) is 12.1 Å². The van der Waals surface area contributed by atoms with E-state index in [1.165, 1.54) is 6.07 Å². The van der Waals surface area contributed by atoms with Gasteiger partial charge in [-0.1, -0.05) is 36.8 Å². The fourth-order valence-electron chi connectivity index (χ4n) is 1.05. The molecule has 0 aromatic heterocycles. The zero-order valence-electron chi connectivity index (χ0n) is 7.56. The molecule has 0 saturated heterocycles. The van der Waals surface area contributed by atoms with E-state index >= 15 is 0 Å². The summed E-state index contributed by atoms with van der Waals surface area (Å²) in [5.74, 6) is 0.267. The van der Waals surface area contributed by atoms with Crippen molar-refractivity contribution in [2.45, 2.75) is 13.3 Å². The van der Waals surface area contributed by atoms with Crippen molar-refractivity contribution in [3.8, 4) is 0 Å². The number of rotatable bonds is 3. The van der Waals surface area contributed by atoms with E-state index in [0.717, 1.165) is 12.0 Å². The topological polar surface area (TPSA) is 0 Å². The number of benzene rings is 1. The molecule has 0 spiro atoms. The van der Waals surface area contributed by atoms with E-state index in [2.05, 4.69) is 0 Å². The Balaban J connectivity index is 2.95. The number of halogens is 2. The van der Waals surface area contributed by atoms with Crippen LogP contribution in [0.1, 0.15) is 18.9 Å². The van der Waals surface area contributed by atoms with Crippen LogP contribution in [0, 0.1) is 5.82 Å². The average Bonchev–Trinajstić information content (AvgIpc) is 2.17. The molecule has 1 rings (SSSR count). The van der Waals surface area contributed by atoms with Crippen LogP contribution in [0.25, 0.3) is 6.08 Å². The first-order valence-electron chi connectivity index (χ1n) is 4.28. The summed E-state index contributed by atoms with van der Waals surface area (Å²) in [4.78, 5) is 0. The molecule has 0 fully saturated rings. The van der Waals surface area contributed by atoms with Gasteiger partial charge in [0.1, 0.15) is 5.82 Å². The normalized spacial score (nSPS) is 11.8. The zero-order valence-corrected chi connectivity index (χ0v) is 8.31. The Morgan fingerprint density at radius 2 is 2.15 bits per heavy atom. The van der Waals surface area contributed by atoms with E-state index in [1.807, 2.05) is 19.1 Å². The predicted octanol–water partition coefficient (Wildman–Crippen LogP) is 3.86. The molecule has 0 aliphatic carbocycles. The summed E-state index contributed by atoms with van der Waals surface area (Å²) in [6.45, 7) is 2.01. The Hall–Kier alpha value is -0.820. The first-order valence-corrected chi connectivity index (χ1v) is 4.81. The molecule has 0 amide bonds. The fraction of sp³-hybridized carbons (Fsp3) is 0.273. The largest absolute Gasteiger partial charge is 0.206 e. The predicted molar refractivity (Wildman–Crippen MR) is 55.4 cm³/mol. The summed E-state index contributed by atoms with van der Waals surface area (Å²) in [6.07, 6.45) is 2.67. The molecule has 0 atom stereocenters. The highest BCUT2D eigenvalue weighted by Crippen LogP contribution is 2.13. The second-order valence-corrected chi connectivity index (χ2v) is 3.08. The quantitative estimate of drug-likeness (QED) is 0.647. The maximum Gasteiger partial charge on any atom is 0.130 e. The van der Waals surface area contributed by atoms with Crippen LogP contribution in [0.4, 0.5) is 4.39 Å². The lowest BCUT2D eigenvalue weighted by molar-refractivity contribution is 0.625. The summed E-state index contributed by atoms with van der Waals surface area (Å²) < 4.78 is 13.1. The van der Waals surface area contributed by atoms with Gasteiger partial charge in [0.05, 0.1) is 0 Å². The van der Waals surface area contributed by atoms with Gasteiger partial charge in [0, 0.05) is 11.4 Å². The van der Waals surface area contributed by atoms with Gasteiger partial charge >= 0.3 is 0 Å². The first-order chi connectivity index (χ1) is 6.27. The molecule has 0 aliphatic rings. The molecule has 0 N–H and O–H groups in total. The third-order valence-electron chi connectivity index (χ3n) is 1.89. The van der Waals surface area contributed by atoms with Crippen LogP contribution < -0.4 is 0 Å². The van der Waals surface area contributed by atoms with Crippen LogP contribution in [0.5, 0.6) is 0 Å². The third kappa shape index (κ3) is 2.85. The minimum atomic E-state index is -0.196. The Kier molecular flexibility index (Phi) is 3.97. The molecule has 0 radical (unpaired) electrons. The van der Waals surface area contributed by atoms with Crippen LogP contribution in [-0.2, 0) is 0 Å². The molecule has 0 saturated carbocycles. The van der Waals surface area contributed by atoms with Gasteiger partial charge in [0.2, 0.25) is 0 Å². The van der Waals surface area contributed by atoms with Crippen molar-refractivity contribution in [1.29, 1.82) is 0 Å². The number of hydrogen-bond donors (Lipinski definition) is 0. The van der Waals surface area contributed by atoms with Gasteiger partial charge in [-0.05, 0) is 12.5 Å². The first kappa shape index (κ1) is 10.3. The summed E-state index contributed by atoms with van der Waals surface area (Å²) in [5.41, 5.74) is 1.66. The summed E-state index contributed by atoms with van der Waals surface area (Å²) in [6, 6.07) is 6.69. The molecule has 13 heavy (non-hydrogen) atoms. The van der Waals surface area contributed by atoms with Gasteiger partial charge in [-0.3, -0.25) is 0 Å². The van der Waals surface area contributed by atoms with Gasteiger partial charge in [-0.15, -0.1) is 11.6 Å². The van der Waals surface area contributed by atoms with Crippen molar-refractivity contribution in [1.82, 2.24) is 0 Å². The highest BCUT2D eigenvalue weighted by atomic mass is 35.5. The van der Waals surface area contributed by atoms with E-state index in [4.69, 9.17) is 11.6 Å².